The van der Waals surface area contributed by atoms with E-state index in [0.29, 0.717) is 6.42 Å². The molecule has 0 aliphatic carbocycles. The highest BCUT2D eigenvalue weighted by Crippen LogP contribution is 2.31. The van der Waals surface area contributed by atoms with Crippen molar-refractivity contribution in [3.8, 4) is 0 Å². The number of allylic oxidation sites excluding steroid dienone is 3. The van der Waals surface area contributed by atoms with Crippen LogP contribution in [0.25, 0.3) is 5.57 Å². The summed E-state index contributed by atoms with van der Waals surface area (Å²) >= 11 is 4.37. The number of halogens is 2. The molecule has 0 bridgehead atoms. The summed E-state index contributed by atoms with van der Waals surface area (Å²) in [6.45, 7) is 4.13. The molecule has 21 heavy (non-hydrogen) atoms. The minimum atomic E-state index is 0.0708. The zero-order valence-corrected chi connectivity index (χ0v) is 15.7. The van der Waals surface area contributed by atoms with Gasteiger partial charge in [-0.1, -0.05) is 67.2 Å². The van der Waals surface area contributed by atoms with Crippen molar-refractivity contribution in [2.75, 3.05) is 0 Å². The molecule has 0 saturated heterocycles. The van der Waals surface area contributed by atoms with E-state index in [4.69, 9.17) is 0 Å². The van der Waals surface area contributed by atoms with Crippen LogP contribution in [0.15, 0.2) is 74.4 Å². The monoisotopic (exact) mass is 500 g/mol. The molecule has 0 fully saturated rings. The normalized spacial score (nSPS) is 11.7. The Balaban J connectivity index is 2.16. The number of carbonyl (C=O) groups excluding carboxylic acids is 1. The third kappa shape index (κ3) is 4.51. The van der Waals surface area contributed by atoms with Gasteiger partial charge >= 0.3 is 0 Å². The summed E-state index contributed by atoms with van der Waals surface area (Å²) < 4.78 is 1.78. The van der Waals surface area contributed by atoms with Gasteiger partial charge in [-0.25, -0.2) is 0 Å². The average Bonchev–Trinajstić information content (AvgIpc) is 2.55. The maximum Gasteiger partial charge on any atom is 0.199 e. The minimum Gasteiger partial charge on any atom is -0.288 e. The van der Waals surface area contributed by atoms with Crippen molar-refractivity contribution < 1.29 is 4.79 Å². The standard InChI is InChI=1S/C18H14I2O/c1-13(14-8-4-2-5-9-14)12-16(19)17(20)18(21)15-10-6-3-7-11-15/h2-11H,1,12H2/b17-16-. The van der Waals surface area contributed by atoms with Crippen LogP contribution in [-0.2, 0) is 0 Å². The molecule has 0 N–H and O–H groups in total. The fourth-order valence-electron chi connectivity index (χ4n) is 1.88. The van der Waals surface area contributed by atoms with Crippen molar-refractivity contribution >= 4 is 56.5 Å². The lowest BCUT2D eigenvalue weighted by Gasteiger charge is -2.08. The molecule has 0 heterocycles. The Hall–Kier alpha value is -0.950. The summed E-state index contributed by atoms with van der Waals surface area (Å²) in [5.74, 6) is 0.0708. The van der Waals surface area contributed by atoms with E-state index in [0.717, 1.165) is 23.9 Å². The molecule has 0 aromatic heterocycles. The van der Waals surface area contributed by atoms with Crippen LogP contribution in [0.1, 0.15) is 22.3 Å². The molecular weight excluding hydrogens is 486 g/mol. The van der Waals surface area contributed by atoms with Crippen molar-refractivity contribution in [1.29, 1.82) is 0 Å². The van der Waals surface area contributed by atoms with Crippen molar-refractivity contribution in [3.05, 3.63) is 85.5 Å². The number of benzene rings is 2. The number of carbonyl (C=O) groups is 1. The third-order valence-corrected chi connectivity index (χ3v) is 6.12. The van der Waals surface area contributed by atoms with Gasteiger partial charge in [0.1, 0.15) is 0 Å². The molecule has 0 radical (unpaired) electrons. The molecule has 1 nitrogen and oxygen atoms in total. The van der Waals surface area contributed by atoms with Gasteiger partial charge in [0.05, 0.1) is 3.58 Å². The van der Waals surface area contributed by atoms with E-state index < -0.39 is 0 Å². The third-order valence-electron chi connectivity index (χ3n) is 3.02. The van der Waals surface area contributed by atoms with Gasteiger partial charge in [-0.05, 0) is 56.3 Å². The van der Waals surface area contributed by atoms with Gasteiger partial charge in [0, 0.05) is 15.6 Å². The van der Waals surface area contributed by atoms with Crippen LogP contribution < -0.4 is 0 Å². The molecule has 106 valence electrons. The Morgan fingerprint density at radius 1 is 0.857 bits per heavy atom. The van der Waals surface area contributed by atoms with Gasteiger partial charge < -0.3 is 0 Å². The topological polar surface area (TPSA) is 17.1 Å². The van der Waals surface area contributed by atoms with E-state index in [2.05, 4.69) is 51.8 Å². The number of hydrogen-bond acceptors (Lipinski definition) is 1. The SMILES string of the molecule is C=C(C/C(I)=C(/I)C(=O)c1ccccc1)c1ccccc1. The Kier molecular flexibility index (Phi) is 6.17. The molecule has 0 saturated carbocycles. The van der Waals surface area contributed by atoms with Crippen LogP contribution in [0.4, 0.5) is 0 Å². The molecule has 0 spiro atoms. The Morgan fingerprint density at radius 3 is 1.86 bits per heavy atom. The molecular formula is C18H14I2O. The van der Waals surface area contributed by atoms with Gasteiger partial charge in [-0.2, -0.15) is 0 Å². The van der Waals surface area contributed by atoms with E-state index in [1.165, 1.54) is 0 Å². The van der Waals surface area contributed by atoms with Crippen LogP contribution in [0.5, 0.6) is 0 Å². The fraction of sp³-hybridized carbons (Fsp3) is 0.0556. The first-order valence-electron chi connectivity index (χ1n) is 6.46. The van der Waals surface area contributed by atoms with Crippen LogP contribution in [0.2, 0.25) is 0 Å². The Morgan fingerprint density at radius 2 is 1.33 bits per heavy atom. The second kappa shape index (κ2) is 7.89. The molecule has 0 atom stereocenters. The van der Waals surface area contributed by atoms with E-state index in [1.54, 1.807) is 0 Å². The summed E-state index contributed by atoms with van der Waals surface area (Å²) in [7, 11) is 0. The van der Waals surface area contributed by atoms with Crippen LogP contribution in [0.3, 0.4) is 0 Å². The van der Waals surface area contributed by atoms with Gasteiger partial charge in [0.2, 0.25) is 0 Å². The smallest absolute Gasteiger partial charge is 0.199 e. The van der Waals surface area contributed by atoms with Gasteiger partial charge in [0.25, 0.3) is 0 Å². The number of ketones is 1. The number of rotatable bonds is 5. The van der Waals surface area contributed by atoms with Crippen molar-refractivity contribution in [2.24, 2.45) is 0 Å². The fourth-order valence-corrected chi connectivity index (χ4v) is 3.09. The predicted octanol–water partition coefficient (Wildman–Crippen LogP) is 6.05. The van der Waals surface area contributed by atoms with Crippen molar-refractivity contribution in [2.45, 2.75) is 6.42 Å². The first-order chi connectivity index (χ1) is 10.1. The predicted molar refractivity (Wildman–Crippen MR) is 106 cm³/mol. The lowest BCUT2D eigenvalue weighted by Crippen LogP contribution is -2.00. The molecule has 2 aromatic rings. The quantitative estimate of drug-likeness (QED) is 0.278. The number of hydrogen-bond donors (Lipinski definition) is 0. The van der Waals surface area contributed by atoms with E-state index >= 15 is 0 Å². The second-order valence-electron chi connectivity index (χ2n) is 4.56. The first-order valence-corrected chi connectivity index (χ1v) is 8.62. The first kappa shape index (κ1) is 16.4. The second-order valence-corrected chi connectivity index (χ2v) is 6.94. The highest BCUT2D eigenvalue weighted by Gasteiger charge is 2.14. The summed E-state index contributed by atoms with van der Waals surface area (Å²) in [4.78, 5) is 12.4. The minimum absolute atomic E-state index is 0.0708. The summed E-state index contributed by atoms with van der Waals surface area (Å²) in [6, 6.07) is 19.4. The van der Waals surface area contributed by atoms with Crippen molar-refractivity contribution in [1.82, 2.24) is 0 Å². The Bertz CT molecular complexity index is 673. The largest absolute Gasteiger partial charge is 0.288 e. The van der Waals surface area contributed by atoms with Crippen LogP contribution >= 0.6 is 45.2 Å². The lowest BCUT2D eigenvalue weighted by atomic mass is 10.0. The van der Waals surface area contributed by atoms with Gasteiger partial charge in [0.15, 0.2) is 5.78 Å². The van der Waals surface area contributed by atoms with Gasteiger partial charge in [-0.3, -0.25) is 4.79 Å². The molecule has 0 aliphatic heterocycles. The maximum atomic E-state index is 12.4. The summed E-state index contributed by atoms with van der Waals surface area (Å²) in [5.41, 5.74) is 2.86. The summed E-state index contributed by atoms with van der Waals surface area (Å²) in [6.07, 6.45) is 0.696. The van der Waals surface area contributed by atoms with Crippen LogP contribution in [-0.4, -0.2) is 5.78 Å². The maximum absolute atomic E-state index is 12.4. The molecule has 2 aromatic carbocycles. The van der Waals surface area contributed by atoms with Crippen molar-refractivity contribution in [3.63, 3.8) is 0 Å². The highest BCUT2D eigenvalue weighted by atomic mass is 127. The zero-order chi connectivity index (χ0) is 15.2. The van der Waals surface area contributed by atoms with Gasteiger partial charge in [-0.15, -0.1) is 0 Å². The average molecular weight is 500 g/mol. The Labute approximate surface area is 152 Å². The molecule has 0 aliphatic rings. The van der Waals surface area contributed by atoms with E-state index in [-0.39, 0.29) is 5.78 Å². The number of Topliss-reactive ketones (excluding diaryl/α,β-unsaturated/α-hetero) is 1. The summed E-state index contributed by atoms with van der Waals surface area (Å²) in [5, 5.41) is 0. The molecule has 0 amide bonds. The van der Waals surface area contributed by atoms with E-state index in [9.17, 15) is 4.79 Å². The molecule has 2 rings (SSSR count). The van der Waals surface area contributed by atoms with E-state index in [1.807, 2.05) is 60.7 Å². The lowest BCUT2D eigenvalue weighted by molar-refractivity contribution is 0.104. The molecule has 3 heteroatoms. The highest BCUT2D eigenvalue weighted by molar-refractivity contribution is 14.1. The van der Waals surface area contributed by atoms with Crippen LogP contribution in [0, 0.1) is 0 Å². The zero-order valence-electron chi connectivity index (χ0n) is 11.4. The molecule has 0 unspecified atom stereocenters.